The molecular weight excluding hydrogens is 312 g/mol. The van der Waals surface area contributed by atoms with E-state index in [1.54, 1.807) is 0 Å². The van der Waals surface area contributed by atoms with Crippen LogP contribution in [0.15, 0.2) is 48.2 Å². The van der Waals surface area contributed by atoms with Gasteiger partial charge in [0, 0.05) is 12.2 Å². The molecular formula is C21H22N2O2. The first-order valence-corrected chi connectivity index (χ1v) is 8.44. The van der Waals surface area contributed by atoms with Gasteiger partial charge in [-0.2, -0.15) is 0 Å². The zero-order valence-corrected chi connectivity index (χ0v) is 15.0. The summed E-state index contributed by atoms with van der Waals surface area (Å²) in [5, 5.41) is 3.18. The minimum absolute atomic E-state index is 0.245. The third-order valence-corrected chi connectivity index (χ3v) is 4.57. The molecule has 4 heteroatoms. The van der Waals surface area contributed by atoms with Gasteiger partial charge in [0.05, 0.1) is 5.57 Å². The van der Waals surface area contributed by atoms with Gasteiger partial charge >= 0.3 is 0 Å². The molecule has 0 aromatic heterocycles. The number of likely N-dealkylation sites (N-methyl/N-ethyl adjacent to an activating group) is 1. The van der Waals surface area contributed by atoms with Crippen molar-refractivity contribution in [2.75, 3.05) is 11.9 Å². The summed E-state index contributed by atoms with van der Waals surface area (Å²) in [6, 6.07) is 13.6. The fourth-order valence-corrected chi connectivity index (χ4v) is 3.01. The summed E-state index contributed by atoms with van der Waals surface area (Å²) in [4.78, 5) is 26.9. The highest BCUT2D eigenvalue weighted by Crippen LogP contribution is 2.31. The smallest absolute Gasteiger partial charge is 0.278 e. The van der Waals surface area contributed by atoms with Gasteiger partial charge in [0.2, 0.25) is 0 Å². The fourth-order valence-electron chi connectivity index (χ4n) is 3.01. The molecule has 0 saturated heterocycles. The first kappa shape index (κ1) is 17.0. The Labute approximate surface area is 148 Å². The van der Waals surface area contributed by atoms with Crippen molar-refractivity contribution >= 4 is 23.1 Å². The van der Waals surface area contributed by atoms with Crippen LogP contribution < -0.4 is 5.32 Å². The number of hydrogen-bond acceptors (Lipinski definition) is 3. The number of amides is 2. The number of benzene rings is 2. The van der Waals surface area contributed by atoms with Gasteiger partial charge in [-0.05, 0) is 62.1 Å². The van der Waals surface area contributed by atoms with Gasteiger partial charge in [-0.3, -0.25) is 14.5 Å². The number of hydrogen-bond donors (Lipinski definition) is 1. The zero-order valence-electron chi connectivity index (χ0n) is 15.0. The van der Waals surface area contributed by atoms with Crippen LogP contribution >= 0.6 is 0 Å². The second-order valence-corrected chi connectivity index (χ2v) is 6.40. The van der Waals surface area contributed by atoms with Gasteiger partial charge < -0.3 is 5.32 Å². The van der Waals surface area contributed by atoms with Crippen molar-refractivity contribution in [1.29, 1.82) is 0 Å². The molecule has 1 heterocycles. The molecule has 1 N–H and O–H groups in total. The van der Waals surface area contributed by atoms with Crippen molar-refractivity contribution in [1.82, 2.24) is 4.90 Å². The Balaban J connectivity index is 2.12. The summed E-state index contributed by atoms with van der Waals surface area (Å²) in [7, 11) is 0. The average molecular weight is 334 g/mol. The lowest BCUT2D eigenvalue weighted by Gasteiger charge is -2.12. The van der Waals surface area contributed by atoms with Gasteiger partial charge in [0.1, 0.15) is 5.70 Å². The highest BCUT2D eigenvalue weighted by atomic mass is 16.2. The van der Waals surface area contributed by atoms with E-state index in [-0.39, 0.29) is 11.8 Å². The van der Waals surface area contributed by atoms with Crippen LogP contribution in [-0.4, -0.2) is 23.3 Å². The van der Waals surface area contributed by atoms with Crippen LogP contribution in [0.3, 0.4) is 0 Å². The standard InChI is InChI=1S/C21H22N2O2/c1-5-23-20(24)18(16-10-9-14(3)15(4)12-16)19(21(23)25)22-17-8-6-7-13(2)11-17/h6-12,22H,5H2,1-4H3. The molecule has 25 heavy (non-hydrogen) atoms. The van der Waals surface area contributed by atoms with Gasteiger partial charge in [0.15, 0.2) is 0 Å². The molecule has 4 nitrogen and oxygen atoms in total. The van der Waals surface area contributed by atoms with Gasteiger partial charge in [-0.1, -0.05) is 30.3 Å². The van der Waals surface area contributed by atoms with Crippen molar-refractivity contribution in [3.63, 3.8) is 0 Å². The van der Waals surface area contributed by atoms with Crippen molar-refractivity contribution < 1.29 is 9.59 Å². The summed E-state index contributed by atoms with van der Waals surface area (Å²) in [5.74, 6) is -0.520. The minimum Gasteiger partial charge on any atom is -0.350 e. The Bertz CT molecular complexity index is 897. The lowest BCUT2D eigenvalue weighted by molar-refractivity contribution is -0.136. The van der Waals surface area contributed by atoms with Crippen LogP contribution in [0.5, 0.6) is 0 Å². The minimum atomic E-state index is -0.276. The molecule has 0 spiro atoms. The predicted octanol–water partition coefficient (Wildman–Crippen LogP) is 3.82. The van der Waals surface area contributed by atoms with E-state index in [9.17, 15) is 9.59 Å². The molecule has 0 saturated carbocycles. The molecule has 0 radical (unpaired) electrons. The number of aryl methyl sites for hydroxylation is 3. The number of rotatable bonds is 4. The van der Waals surface area contributed by atoms with Crippen molar-refractivity contribution in [2.24, 2.45) is 0 Å². The topological polar surface area (TPSA) is 49.4 Å². The number of anilines is 1. The largest absolute Gasteiger partial charge is 0.350 e. The van der Waals surface area contributed by atoms with Gasteiger partial charge in [0.25, 0.3) is 11.8 Å². The third kappa shape index (κ3) is 3.07. The molecule has 0 unspecified atom stereocenters. The van der Waals surface area contributed by atoms with Crippen LogP contribution in [0.25, 0.3) is 5.57 Å². The highest BCUT2D eigenvalue weighted by Gasteiger charge is 2.38. The van der Waals surface area contributed by atoms with Crippen LogP contribution in [-0.2, 0) is 9.59 Å². The van der Waals surface area contributed by atoms with E-state index in [0.29, 0.717) is 17.8 Å². The van der Waals surface area contributed by atoms with E-state index in [1.165, 1.54) is 4.90 Å². The number of imide groups is 1. The maximum Gasteiger partial charge on any atom is 0.278 e. The second kappa shape index (κ2) is 6.55. The number of carbonyl (C=O) groups is 2. The fraction of sp³-hybridized carbons (Fsp3) is 0.238. The summed E-state index contributed by atoms with van der Waals surface area (Å²) in [6.07, 6.45) is 0. The highest BCUT2D eigenvalue weighted by molar-refractivity contribution is 6.36. The average Bonchev–Trinajstić information content (AvgIpc) is 2.80. The van der Waals surface area contributed by atoms with E-state index in [2.05, 4.69) is 5.32 Å². The van der Waals surface area contributed by atoms with Crippen LogP contribution in [0.1, 0.15) is 29.2 Å². The third-order valence-electron chi connectivity index (χ3n) is 4.57. The Kier molecular flexibility index (Phi) is 4.45. The Morgan fingerprint density at radius 2 is 1.68 bits per heavy atom. The second-order valence-electron chi connectivity index (χ2n) is 6.40. The normalized spacial score (nSPS) is 14.5. The zero-order chi connectivity index (χ0) is 18.1. The SMILES string of the molecule is CCN1C(=O)C(Nc2cccc(C)c2)=C(c2ccc(C)c(C)c2)C1=O. The molecule has 0 bridgehead atoms. The van der Waals surface area contributed by atoms with Crippen LogP contribution in [0, 0.1) is 20.8 Å². The summed E-state index contributed by atoms with van der Waals surface area (Å²) in [5.41, 5.74) is 5.69. The van der Waals surface area contributed by atoms with E-state index in [1.807, 2.05) is 70.2 Å². The van der Waals surface area contributed by atoms with E-state index in [0.717, 1.165) is 27.9 Å². The summed E-state index contributed by atoms with van der Waals surface area (Å²) < 4.78 is 0. The van der Waals surface area contributed by atoms with E-state index >= 15 is 0 Å². The first-order valence-electron chi connectivity index (χ1n) is 8.44. The van der Waals surface area contributed by atoms with E-state index < -0.39 is 0 Å². The first-order chi connectivity index (χ1) is 11.9. The molecule has 1 aliphatic rings. The molecule has 0 aliphatic carbocycles. The van der Waals surface area contributed by atoms with Crippen molar-refractivity contribution in [2.45, 2.75) is 27.7 Å². The Morgan fingerprint density at radius 1 is 0.920 bits per heavy atom. The lowest BCUT2D eigenvalue weighted by Crippen LogP contribution is -2.32. The molecule has 2 aromatic carbocycles. The molecule has 128 valence electrons. The quantitative estimate of drug-likeness (QED) is 0.865. The number of nitrogens with zero attached hydrogens (tertiary/aromatic N) is 1. The van der Waals surface area contributed by atoms with Crippen LogP contribution in [0.2, 0.25) is 0 Å². The number of nitrogens with one attached hydrogen (secondary N) is 1. The Morgan fingerprint density at radius 3 is 2.32 bits per heavy atom. The maximum atomic E-state index is 12.8. The maximum absolute atomic E-state index is 12.8. The molecule has 0 atom stereocenters. The molecule has 0 fully saturated rings. The summed E-state index contributed by atoms with van der Waals surface area (Å²) in [6.45, 7) is 8.18. The molecule has 2 amide bonds. The number of carbonyl (C=O) groups excluding carboxylic acids is 2. The lowest BCUT2D eigenvalue weighted by atomic mass is 9.99. The molecule has 2 aromatic rings. The predicted molar refractivity (Wildman–Crippen MR) is 100 cm³/mol. The van der Waals surface area contributed by atoms with Crippen LogP contribution in [0.4, 0.5) is 5.69 Å². The van der Waals surface area contributed by atoms with Crippen molar-refractivity contribution in [3.8, 4) is 0 Å². The van der Waals surface area contributed by atoms with Crippen molar-refractivity contribution in [3.05, 3.63) is 70.4 Å². The molecule has 1 aliphatic heterocycles. The Hall–Kier alpha value is -2.88. The van der Waals surface area contributed by atoms with E-state index in [4.69, 9.17) is 0 Å². The molecule has 3 rings (SSSR count). The van der Waals surface area contributed by atoms with Gasteiger partial charge in [-0.25, -0.2) is 0 Å². The summed E-state index contributed by atoms with van der Waals surface area (Å²) >= 11 is 0. The van der Waals surface area contributed by atoms with Gasteiger partial charge in [-0.15, -0.1) is 0 Å². The monoisotopic (exact) mass is 334 g/mol.